The summed E-state index contributed by atoms with van der Waals surface area (Å²) in [6.45, 7) is 8.17. The van der Waals surface area contributed by atoms with E-state index in [1.807, 2.05) is 26.0 Å². The van der Waals surface area contributed by atoms with Crippen molar-refractivity contribution in [2.24, 2.45) is 0 Å². The zero-order valence-corrected chi connectivity index (χ0v) is 24.7. The van der Waals surface area contributed by atoms with Crippen LogP contribution in [0.2, 0.25) is 0 Å². The second kappa shape index (κ2) is 11.1. The van der Waals surface area contributed by atoms with Gasteiger partial charge in [0, 0.05) is 34.5 Å². The van der Waals surface area contributed by atoms with E-state index in [4.69, 9.17) is 13.7 Å². The highest BCUT2D eigenvalue weighted by atomic mass is 32.2. The largest absolute Gasteiger partial charge is 0.496 e. The first-order valence-electron chi connectivity index (χ1n) is 13.3. The molecule has 218 valence electrons. The van der Waals surface area contributed by atoms with Gasteiger partial charge in [-0.2, -0.15) is 8.42 Å². The van der Waals surface area contributed by atoms with Gasteiger partial charge in [-0.25, -0.2) is 8.78 Å². The predicted molar refractivity (Wildman–Crippen MR) is 159 cm³/mol. The highest BCUT2D eigenvalue weighted by Gasteiger charge is 2.28. The molecule has 4 aromatic carbocycles. The molecule has 0 aromatic heterocycles. The Balaban J connectivity index is 1.59. The van der Waals surface area contributed by atoms with Crippen LogP contribution < -0.4 is 19.0 Å². The number of hydrogen-bond acceptors (Lipinski definition) is 6. The molecule has 9 heteroatoms. The maximum Gasteiger partial charge on any atom is 0.342 e. The third-order valence-electron chi connectivity index (χ3n) is 7.04. The smallest absolute Gasteiger partial charge is 0.342 e. The van der Waals surface area contributed by atoms with Gasteiger partial charge >= 0.3 is 10.1 Å². The minimum Gasteiger partial charge on any atom is -0.496 e. The number of fused-ring (bicyclic) bond motifs is 1. The van der Waals surface area contributed by atoms with E-state index in [1.54, 1.807) is 12.1 Å². The van der Waals surface area contributed by atoms with Crippen LogP contribution in [0.3, 0.4) is 0 Å². The predicted octanol–water partition coefficient (Wildman–Crippen LogP) is 7.90. The molecule has 0 spiro atoms. The molecule has 1 N–H and O–H groups in total. The molecule has 0 bridgehead atoms. The zero-order valence-electron chi connectivity index (χ0n) is 23.9. The van der Waals surface area contributed by atoms with Gasteiger partial charge in [0.05, 0.1) is 12.6 Å². The molecule has 0 saturated carbocycles. The van der Waals surface area contributed by atoms with E-state index < -0.39 is 26.6 Å². The van der Waals surface area contributed by atoms with E-state index in [-0.39, 0.29) is 17.9 Å². The maximum atomic E-state index is 14.2. The van der Waals surface area contributed by atoms with Crippen molar-refractivity contribution in [1.29, 1.82) is 0 Å². The third-order valence-corrected chi connectivity index (χ3v) is 8.32. The number of benzene rings is 4. The summed E-state index contributed by atoms with van der Waals surface area (Å²) in [6.07, 6.45) is 2.14. The van der Waals surface area contributed by atoms with E-state index in [0.29, 0.717) is 17.1 Å². The molecule has 6 nitrogen and oxygen atoms in total. The van der Waals surface area contributed by atoms with Crippen LogP contribution in [-0.4, -0.2) is 21.1 Å². The Morgan fingerprint density at radius 1 is 0.881 bits per heavy atom. The molecule has 1 aliphatic heterocycles. The normalized spacial score (nSPS) is 13.9. The van der Waals surface area contributed by atoms with Crippen molar-refractivity contribution in [3.63, 3.8) is 0 Å². The Kier molecular flexibility index (Phi) is 7.72. The minimum absolute atomic E-state index is 0.0375. The number of anilines is 1. The van der Waals surface area contributed by atoms with Crippen LogP contribution in [0.5, 0.6) is 17.2 Å². The average Bonchev–Trinajstić information content (AvgIpc) is 2.92. The van der Waals surface area contributed by atoms with Gasteiger partial charge in [-0.15, -0.1) is 0 Å². The fourth-order valence-electron chi connectivity index (χ4n) is 5.25. The number of methoxy groups -OCH3 is 1. The standard InChI is InChI=1S/C33H31F2NO5S/c1-20-10-11-22(34)16-29(20)40-19-26-24(14-15-28-32(26)21(2)18-33(3,4)36-28)25-13-12-23(17-30(25)39-5)41-42(37,38)31-9-7-6-8-27(31)35/h6-18,36H,19H2,1-5H3. The molecule has 0 amide bonds. The lowest BCUT2D eigenvalue weighted by Crippen LogP contribution is -2.32. The van der Waals surface area contributed by atoms with Crippen LogP contribution in [0.25, 0.3) is 16.7 Å². The second-order valence-electron chi connectivity index (χ2n) is 10.7. The van der Waals surface area contributed by atoms with Gasteiger partial charge in [0.2, 0.25) is 0 Å². The molecule has 1 aliphatic rings. The molecule has 4 aromatic rings. The van der Waals surface area contributed by atoms with Crippen LogP contribution in [0.15, 0.2) is 83.8 Å². The molecule has 0 unspecified atom stereocenters. The molecular formula is C33H31F2NO5S. The van der Waals surface area contributed by atoms with Crippen molar-refractivity contribution in [1.82, 2.24) is 0 Å². The lowest BCUT2D eigenvalue weighted by atomic mass is 9.85. The first-order chi connectivity index (χ1) is 19.9. The SMILES string of the molecule is COc1cc(OS(=O)(=O)c2ccccc2F)ccc1-c1ccc2c(c1COc1cc(F)ccc1C)C(C)=CC(C)(C)N2. The summed E-state index contributed by atoms with van der Waals surface area (Å²) >= 11 is 0. The van der Waals surface area contributed by atoms with Gasteiger partial charge in [-0.3, -0.25) is 0 Å². The second-order valence-corrected chi connectivity index (χ2v) is 12.2. The van der Waals surface area contributed by atoms with Gasteiger partial charge < -0.3 is 19.0 Å². The molecule has 0 radical (unpaired) electrons. The number of ether oxygens (including phenoxy) is 2. The summed E-state index contributed by atoms with van der Waals surface area (Å²) in [5, 5.41) is 3.55. The van der Waals surface area contributed by atoms with Crippen molar-refractivity contribution < 1.29 is 30.9 Å². The van der Waals surface area contributed by atoms with Gasteiger partial charge in [-0.1, -0.05) is 30.3 Å². The molecule has 0 fully saturated rings. The van der Waals surface area contributed by atoms with Crippen LogP contribution >= 0.6 is 0 Å². The molecular weight excluding hydrogens is 560 g/mol. The van der Waals surface area contributed by atoms with Gasteiger partial charge in [0.1, 0.15) is 40.4 Å². The highest BCUT2D eigenvalue weighted by molar-refractivity contribution is 7.87. The number of hydrogen-bond donors (Lipinski definition) is 1. The summed E-state index contributed by atoms with van der Waals surface area (Å²) in [5.41, 5.74) is 5.71. The summed E-state index contributed by atoms with van der Waals surface area (Å²) in [6, 6.07) is 17.9. The van der Waals surface area contributed by atoms with E-state index >= 15 is 0 Å². The first kappa shape index (κ1) is 29.1. The van der Waals surface area contributed by atoms with E-state index in [2.05, 4.69) is 25.2 Å². The zero-order chi connectivity index (χ0) is 30.2. The van der Waals surface area contributed by atoms with Crippen molar-refractivity contribution in [2.45, 2.75) is 44.7 Å². The van der Waals surface area contributed by atoms with Gasteiger partial charge in [0.15, 0.2) is 0 Å². The average molecular weight is 592 g/mol. The third kappa shape index (κ3) is 5.83. The molecule has 0 atom stereocenters. The molecule has 5 rings (SSSR count). The minimum atomic E-state index is -4.43. The number of rotatable bonds is 8. The first-order valence-corrected chi connectivity index (χ1v) is 14.7. The topological polar surface area (TPSA) is 73.9 Å². The summed E-state index contributed by atoms with van der Waals surface area (Å²) < 4.78 is 70.9. The quantitative estimate of drug-likeness (QED) is 0.210. The Morgan fingerprint density at radius 2 is 1.62 bits per heavy atom. The number of allylic oxidation sites excluding steroid dienone is 1. The number of halogens is 2. The summed E-state index contributed by atoms with van der Waals surface area (Å²) in [5.74, 6) is -0.575. The number of aryl methyl sites for hydroxylation is 1. The van der Waals surface area contributed by atoms with Gasteiger partial charge in [-0.05, 0) is 80.8 Å². The fourth-order valence-corrected chi connectivity index (χ4v) is 6.24. The molecule has 1 heterocycles. The number of nitrogens with one attached hydrogen (secondary N) is 1. The Bertz CT molecular complexity index is 1820. The monoisotopic (exact) mass is 591 g/mol. The summed E-state index contributed by atoms with van der Waals surface area (Å²) in [7, 11) is -2.96. The van der Waals surface area contributed by atoms with Gasteiger partial charge in [0.25, 0.3) is 0 Å². The lowest BCUT2D eigenvalue weighted by Gasteiger charge is -2.33. The van der Waals surface area contributed by atoms with Crippen LogP contribution in [-0.2, 0) is 16.7 Å². The van der Waals surface area contributed by atoms with E-state index in [9.17, 15) is 17.2 Å². The maximum absolute atomic E-state index is 14.2. The van der Waals surface area contributed by atoms with Crippen LogP contribution in [0, 0.1) is 18.6 Å². The fraction of sp³-hybridized carbons (Fsp3) is 0.212. The van der Waals surface area contributed by atoms with E-state index in [0.717, 1.165) is 45.6 Å². The van der Waals surface area contributed by atoms with Crippen LogP contribution in [0.4, 0.5) is 14.5 Å². The van der Waals surface area contributed by atoms with E-state index in [1.165, 1.54) is 43.5 Å². The van der Waals surface area contributed by atoms with Crippen molar-refractivity contribution in [3.05, 3.63) is 107 Å². The van der Waals surface area contributed by atoms with Crippen molar-refractivity contribution in [2.75, 3.05) is 12.4 Å². The molecule has 0 saturated heterocycles. The molecule has 0 aliphatic carbocycles. The lowest BCUT2D eigenvalue weighted by molar-refractivity contribution is 0.302. The Hall–Kier alpha value is -4.37. The van der Waals surface area contributed by atoms with Crippen molar-refractivity contribution in [3.8, 4) is 28.4 Å². The Labute approximate surface area is 244 Å². The Morgan fingerprint density at radius 3 is 2.36 bits per heavy atom. The van der Waals surface area contributed by atoms with Crippen molar-refractivity contribution >= 4 is 21.4 Å². The molecule has 42 heavy (non-hydrogen) atoms. The highest BCUT2D eigenvalue weighted by Crippen LogP contribution is 2.44. The van der Waals surface area contributed by atoms with Crippen LogP contribution in [0.1, 0.15) is 37.5 Å². The summed E-state index contributed by atoms with van der Waals surface area (Å²) in [4.78, 5) is -0.563.